The number of sulfonamides is 1. The molecule has 8 heteroatoms. The molecule has 0 spiro atoms. The number of nitrogens with one attached hydrogen (secondary N) is 1. The third-order valence-corrected chi connectivity index (χ3v) is 4.30. The molecule has 19 heavy (non-hydrogen) atoms. The quantitative estimate of drug-likeness (QED) is 0.617. The normalized spacial score (nSPS) is 12.4. The molecule has 0 bridgehead atoms. The van der Waals surface area contributed by atoms with Crippen LogP contribution in [0.3, 0.4) is 0 Å². The summed E-state index contributed by atoms with van der Waals surface area (Å²) in [7, 11) is -3.84. The van der Waals surface area contributed by atoms with Crippen molar-refractivity contribution in [2.24, 2.45) is 5.73 Å². The van der Waals surface area contributed by atoms with Gasteiger partial charge in [-0.15, -0.1) is 0 Å². The van der Waals surface area contributed by atoms with Crippen molar-refractivity contribution in [3.8, 4) is 0 Å². The monoisotopic (exact) mass is 287 g/mol. The van der Waals surface area contributed by atoms with E-state index < -0.39 is 20.5 Å². The van der Waals surface area contributed by atoms with Gasteiger partial charge in [-0.05, 0) is 26.8 Å². The zero-order valence-corrected chi connectivity index (χ0v) is 11.8. The van der Waals surface area contributed by atoms with Gasteiger partial charge in [0.2, 0.25) is 10.0 Å². The van der Waals surface area contributed by atoms with Gasteiger partial charge in [0.15, 0.2) is 0 Å². The van der Waals surface area contributed by atoms with E-state index >= 15 is 0 Å². The summed E-state index contributed by atoms with van der Waals surface area (Å²) in [6, 6.07) is 3.78. The molecule has 1 aromatic carbocycles. The van der Waals surface area contributed by atoms with E-state index in [9.17, 15) is 18.5 Å². The fraction of sp³-hybridized carbons (Fsp3) is 0.455. The lowest BCUT2D eigenvalue weighted by molar-refractivity contribution is -0.385. The molecule has 0 aromatic heterocycles. The molecule has 0 aliphatic rings. The van der Waals surface area contributed by atoms with Crippen molar-refractivity contribution in [2.45, 2.75) is 31.2 Å². The van der Waals surface area contributed by atoms with Crippen molar-refractivity contribution < 1.29 is 13.3 Å². The molecule has 106 valence electrons. The van der Waals surface area contributed by atoms with Crippen LogP contribution in [-0.2, 0) is 10.0 Å². The van der Waals surface area contributed by atoms with Crippen LogP contribution in [0.4, 0.5) is 5.69 Å². The predicted molar refractivity (Wildman–Crippen MR) is 71.3 cm³/mol. The van der Waals surface area contributed by atoms with Gasteiger partial charge in [-0.3, -0.25) is 10.1 Å². The molecule has 0 radical (unpaired) electrons. The zero-order valence-electron chi connectivity index (χ0n) is 11.0. The maximum Gasteiger partial charge on any atom is 0.273 e. The van der Waals surface area contributed by atoms with Gasteiger partial charge in [0.1, 0.15) is 0 Å². The summed E-state index contributed by atoms with van der Waals surface area (Å²) in [4.78, 5) is 10.1. The van der Waals surface area contributed by atoms with E-state index in [4.69, 9.17) is 5.73 Å². The third-order valence-electron chi connectivity index (χ3n) is 2.61. The van der Waals surface area contributed by atoms with Gasteiger partial charge in [0.25, 0.3) is 5.69 Å². The molecule has 0 fully saturated rings. The number of nitrogens with two attached hydrogens (primary N) is 1. The van der Waals surface area contributed by atoms with E-state index in [1.54, 1.807) is 20.8 Å². The average Bonchev–Trinajstić information content (AvgIpc) is 2.27. The molecule has 3 N–H and O–H groups in total. The standard InChI is InChI=1S/C11H17N3O4S/c1-8-4-5-9(6-10(8)14(15)16)19(17,18)13-11(2,3)7-12/h4-6,13H,7,12H2,1-3H3. The van der Waals surface area contributed by atoms with Crippen LogP contribution < -0.4 is 10.5 Å². The number of nitro groups is 1. The Hall–Kier alpha value is -1.51. The minimum Gasteiger partial charge on any atom is -0.329 e. The second kappa shape index (κ2) is 5.24. The molecule has 0 saturated heterocycles. The molecule has 0 atom stereocenters. The van der Waals surface area contributed by atoms with Crippen molar-refractivity contribution in [2.75, 3.05) is 6.54 Å². The van der Waals surface area contributed by atoms with E-state index in [1.807, 2.05) is 0 Å². The number of rotatable bonds is 5. The zero-order chi connectivity index (χ0) is 14.8. The Balaban J connectivity index is 3.23. The first kappa shape index (κ1) is 15.5. The molecule has 0 heterocycles. The van der Waals surface area contributed by atoms with Crippen LogP contribution >= 0.6 is 0 Å². The maximum atomic E-state index is 12.1. The number of hydrogen-bond donors (Lipinski definition) is 2. The molecular weight excluding hydrogens is 270 g/mol. The van der Waals surface area contributed by atoms with Crippen LogP contribution in [0.15, 0.2) is 23.1 Å². The van der Waals surface area contributed by atoms with E-state index in [0.717, 1.165) is 6.07 Å². The van der Waals surface area contributed by atoms with Gasteiger partial charge in [0.05, 0.1) is 9.82 Å². The smallest absolute Gasteiger partial charge is 0.273 e. The van der Waals surface area contributed by atoms with Gasteiger partial charge >= 0.3 is 0 Å². The van der Waals surface area contributed by atoms with Gasteiger partial charge in [0, 0.05) is 23.7 Å². The molecule has 0 saturated carbocycles. The van der Waals surface area contributed by atoms with E-state index in [2.05, 4.69) is 4.72 Å². The van der Waals surface area contributed by atoms with Crippen molar-refractivity contribution >= 4 is 15.7 Å². The summed E-state index contributed by atoms with van der Waals surface area (Å²) in [5, 5.41) is 10.8. The van der Waals surface area contributed by atoms with Gasteiger partial charge in [-0.1, -0.05) is 6.07 Å². The summed E-state index contributed by atoms with van der Waals surface area (Å²) in [5.41, 5.74) is 4.81. The van der Waals surface area contributed by atoms with Crippen LogP contribution in [0.1, 0.15) is 19.4 Å². The minimum atomic E-state index is -3.84. The lowest BCUT2D eigenvalue weighted by Gasteiger charge is -2.23. The number of benzene rings is 1. The largest absolute Gasteiger partial charge is 0.329 e. The molecule has 0 amide bonds. The lowest BCUT2D eigenvalue weighted by atomic mass is 10.1. The highest BCUT2D eigenvalue weighted by Gasteiger charge is 2.26. The van der Waals surface area contributed by atoms with Crippen molar-refractivity contribution in [3.63, 3.8) is 0 Å². The SMILES string of the molecule is Cc1ccc(S(=O)(=O)NC(C)(C)CN)cc1[N+](=O)[O-]. The summed E-state index contributed by atoms with van der Waals surface area (Å²) in [6.07, 6.45) is 0. The summed E-state index contributed by atoms with van der Waals surface area (Å²) in [6.45, 7) is 4.92. The Morgan fingerprint density at radius 3 is 2.47 bits per heavy atom. The number of aryl methyl sites for hydroxylation is 1. The molecule has 7 nitrogen and oxygen atoms in total. The first-order valence-corrected chi connectivity index (χ1v) is 7.06. The second-order valence-corrected chi connectivity index (χ2v) is 6.58. The van der Waals surface area contributed by atoms with E-state index in [1.165, 1.54) is 12.1 Å². The van der Waals surface area contributed by atoms with Gasteiger partial charge < -0.3 is 5.73 Å². The maximum absolute atomic E-state index is 12.1. The van der Waals surface area contributed by atoms with Crippen molar-refractivity contribution in [1.29, 1.82) is 0 Å². The van der Waals surface area contributed by atoms with Gasteiger partial charge in [-0.25, -0.2) is 13.1 Å². The predicted octanol–water partition coefficient (Wildman–Crippen LogP) is 0.919. The highest BCUT2D eigenvalue weighted by molar-refractivity contribution is 7.89. The molecule has 0 unspecified atom stereocenters. The summed E-state index contributed by atoms with van der Waals surface area (Å²) < 4.78 is 26.6. The van der Waals surface area contributed by atoms with Crippen molar-refractivity contribution in [3.05, 3.63) is 33.9 Å². The number of nitrogens with zero attached hydrogens (tertiary/aromatic N) is 1. The summed E-state index contributed by atoms with van der Waals surface area (Å²) in [5.74, 6) is 0. The van der Waals surface area contributed by atoms with E-state index in [0.29, 0.717) is 5.56 Å². The first-order chi connectivity index (χ1) is 8.59. The highest BCUT2D eigenvalue weighted by Crippen LogP contribution is 2.22. The lowest BCUT2D eigenvalue weighted by Crippen LogP contribution is -2.48. The Labute approximate surface area is 112 Å². The minimum absolute atomic E-state index is 0.111. The molecule has 0 aliphatic carbocycles. The Morgan fingerprint density at radius 2 is 2.00 bits per heavy atom. The third kappa shape index (κ3) is 3.72. The fourth-order valence-corrected chi connectivity index (χ4v) is 2.86. The molecule has 1 rings (SSSR count). The fourth-order valence-electron chi connectivity index (χ4n) is 1.42. The number of hydrogen-bond acceptors (Lipinski definition) is 5. The van der Waals surface area contributed by atoms with Crippen LogP contribution in [0.2, 0.25) is 0 Å². The van der Waals surface area contributed by atoms with Crippen LogP contribution in [0, 0.1) is 17.0 Å². The topological polar surface area (TPSA) is 115 Å². The average molecular weight is 287 g/mol. The Kier molecular flexibility index (Phi) is 4.28. The molecule has 0 aliphatic heterocycles. The Morgan fingerprint density at radius 1 is 1.42 bits per heavy atom. The van der Waals surface area contributed by atoms with Crippen LogP contribution in [0.5, 0.6) is 0 Å². The highest BCUT2D eigenvalue weighted by atomic mass is 32.2. The summed E-state index contributed by atoms with van der Waals surface area (Å²) >= 11 is 0. The van der Waals surface area contributed by atoms with Crippen LogP contribution in [0.25, 0.3) is 0 Å². The van der Waals surface area contributed by atoms with Crippen LogP contribution in [-0.4, -0.2) is 25.4 Å². The Bertz CT molecular complexity index is 596. The first-order valence-electron chi connectivity index (χ1n) is 5.58. The van der Waals surface area contributed by atoms with E-state index in [-0.39, 0.29) is 17.1 Å². The van der Waals surface area contributed by atoms with Gasteiger partial charge in [-0.2, -0.15) is 0 Å². The van der Waals surface area contributed by atoms with Crippen molar-refractivity contribution in [1.82, 2.24) is 4.72 Å². The second-order valence-electron chi connectivity index (χ2n) is 4.90. The number of nitro benzene ring substituents is 1. The molecule has 1 aromatic rings. The molecular formula is C11H17N3O4S.